The molecule has 4 nitrogen and oxygen atoms in total. The molecular weight excluding hydrogens is 300 g/mol. The van der Waals surface area contributed by atoms with Crippen LogP contribution in [0.3, 0.4) is 0 Å². The van der Waals surface area contributed by atoms with Gasteiger partial charge in [-0.05, 0) is 43.7 Å². The highest BCUT2D eigenvalue weighted by Crippen LogP contribution is 2.23. The highest BCUT2D eigenvalue weighted by molar-refractivity contribution is 6.31. The van der Waals surface area contributed by atoms with Crippen LogP contribution in [0.1, 0.15) is 22.8 Å². The summed E-state index contributed by atoms with van der Waals surface area (Å²) in [5, 5.41) is 6.39. The van der Waals surface area contributed by atoms with E-state index in [-0.39, 0.29) is 18.2 Å². The van der Waals surface area contributed by atoms with Crippen LogP contribution < -0.4 is 10.6 Å². The van der Waals surface area contributed by atoms with E-state index >= 15 is 0 Å². The van der Waals surface area contributed by atoms with Crippen LogP contribution in [0.4, 0.5) is 11.4 Å². The lowest BCUT2D eigenvalue weighted by Gasteiger charge is -2.12. The number of halogens is 1. The average molecular weight is 317 g/mol. The topological polar surface area (TPSA) is 58.2 Å². The van der Waals surface area contributed by atoms with E-state index in [9.17, 15) is 9.59 Å². The molecule has 2 aromatic rings. The molecule has 0 radical (unpaired) electrons. The Bertz CT molecular complexity index is 714. The number of carbonyl (C=O) groups is 2. The summed E-state index contributed by atoms with van der Waals surface area (Å²) in [6, 6.07) is 12.4. The van der Waals surface area contributed by atoms with Crippen molar-refractivity contribution in [3.63, 3.8) is 0 Å². The number of nitrogens with one attached hydrogen (secondary N) is 2. The van der Waals surface area contributed by atoms with Crippen LogP contribution in [0, 0.1) is 6.92 Å². The maximum absolute atomic E-state index is 12.0. The lowest BCUT2D eigenvalue weighted by molar-refractivity contribution is -0.114. The number of amides is 1. The van der Waals surface area contributed by atoms with Gasteiger partial charge in [0, 0.05) is 22.0 Å². The van der Waals surface area contributed by atoms with Gasteiger partial charge in [-0.15, -0.1) is 0 Å². The van der Waals surface area contributed by atoms with E-state index in [0.717, 1.165) is 5.56 Å². The summed E-state index contributed by atoms with van der Waals surface area (Å²) >= 11 is 6.02. The summed E-state index contributed by atoms with van der Waals surface area (Å²) in [5.41, 5.74) is 2.71. The highest BCUT2D eigenvalue weighted by atomic mass is 35.5. The summed E-state index contributed by atoms with van der Waals surface area (Å²) in [7, 11) is 0. The Morgan fingerprint density at radius 1 is 1.05 bits per heavy atom. The number of rotatable bonds is 5. The quantitative estimate of drug-likeness (QED) is 0.822. The number of ketones is 1. The normalized spacial score (nSPS) is 10.1. The van der Waals surface area contributed by atoms with Crippen molar-refractivity contribution in [1.82, 2.24) is 0 Å². The van der Waals surface area contributed by atoms with Gasteiger partial charge >= 0.3 is 0 Å². The van der Waals surface area contributed by atoms with E-state index in [4.69, 9.17) is 11.6 Å². The maximum Gasteiger partial charge on any atom is 0.243 e. The highest BCUT2D eigenvalue weighted by Gasteiger charge is 2.09. The molecule has 0 aliphatic rings. The third-order valence-electron chi connectivity index (χ3n) is 3.29. The van der Waals surface area contributed by atoms with Gasteiger partial charge in [-0.3, -0.25) is 9.59 Å². The fourth-order valence-corrected chi connectivity index (χ4v) is 2.23. The van der Waals surface area contributed by atoms with Crippen molar-refractivity contribution in [2.75, 3.05) is 17.2 Å². The van der Waals surface area contributed by atoms with Crippen LogP contribution in [-0.2, 0) is 4.79 Å². The van der Waals surface area contributed by atoms with Gasteiger partial charge in [0.1, 0.15) is 0 Å². The monoisotopic (exact) mass is 316 g/mol. The molecule has 0 saturated heterocycles. The number of Topliss-reactive ketones (excluding diaryl/α,β-unsaturated/α-hetero) is 1. The number of anilines is 2. The molecule has 1 amide bonds. The second-order valence-corrected chi connectivity index (χ2v) is 5.32. The summed E-state index contributed by atoms with van der Waals surface area (Å²) in [6.07, 6.45) is 0. The van der Waals surface area contributed by atoms with Gasteiger partial charge < -0.3 is 10.6 Å². The van der Waals surface area contributed by atoms with Gasteiger partial charge in [-0.1, -0.05) is 29.8 Å². The van der Waals surface area contributed by atoms with Crippen molar-refractivity contribution in [2.24, 2.45) is 0 Å². The average Bonchev–Trinajstić information content (AvgIpc) is 2.50. The molecule has 0 bridgehead atoms. The largest absolute Gasteiger partial charge is 0.376 e. The van der Waals surface area contributed by atoms with Gasteiger partial charge in [0.05, 0.1) is 6.54 Å². The minimum Gasteiger partial charge on any atom is -0.376 e. The number of hydrogen-bond donors (Lipinski definition) is 2. The Balaban J connectivity index is 2.02. The second kappa shape index (κ2) is 7.09. The molecule has 2 N–H and O–H groups in total. The zero-order valence-corrected chi connectivity index (χ0v) is 13.2. The van der Waals surface area contributed by atoms with Gasteiger partial charge in [0.15, 0.2) is 5.78 Å². The van der Waals surface area contributed by atoms with E-state index in [1.165, 1.54) is 6.92 Å². The number of carbonyl (C=O) groups excluding carboxylic acids is 2. The van der Waals surface area contributed by atoms with Crippen LogP contribution in [0.5, 0.6) is 0 Å². The van der Waals surface area contributed by atoms with Crippen molar-refractivity contribution >= 4 is 34.7 Å². The van der Waals surface area contributed by atoms with Gasteiger partial charge in [-0.25, -0.2) is 0 Å². The molecule has 0 spiro atoms. The van der Waals surface area contributed by atoms with Gasteiger partial charge in [0.2, 0.25) is 5.91 Å². The first-order valence-electron chi connectivity index (χ1n) is 6.88. The smallest absolute Gasteiger partial charge is 0.243 e. The lowest BCUT2D eigenvalue weighted by Crippen LogP contribution is -2.22. The predicted octanol–water partition coefficient (Wildman–Crippen LogP) is 3.90. The number of benzene rings is 2. The van der Waals surface area contributed by atoms with Gasteiger partial charge in [0.25, 0.3) is 0 Å². The summed E-state index contributed by atoms with van der Waals surface area (Å²) in [5.74, 6) is -0.252. The molecule has 0 unspecified atom stereocenters. The fraction of sp³-hybridized carbons (Fsp3) is 0.176. The third kappa shape index (κ3) is 3.86. The van der Waals surface area contributed by atoms with Crippen LogP contribution >= 0.6 is 11.6 Å². The molecule has 2 rings (SSSR count). The SMILES string of the molecule is CC(=O)c1ccccc1NCC(=O)Nc1cccc(Cl)c1C. The third-order valence-corrected chi connectivity index (χ3v) is 3.70. The molecule has 0 atom stereocenters. The number of hydrogen-bond acceptors (Lipinski definition) is 3. The van der Waals surface area contributed by atoms with Crippen LogP contribution in [0.25, 0.3) is 0 Å². The first-order valence-corrected chi connectivity index (χ1v) is 7.25. The molecule has 5 heteroatoms. The fourth-order valence-electron chi connectivity index (χ4n) is 2.06. The van der Waals surface area contributed by atoms with E-state index in [1.54, 1.807) is 36.4 Å². The molecule has 114 valence electrons. The van der Waals surface area contributed by atoms with Crippen LogP contribution in [0.2, 0.25) is 5.02 Å². The Kier molecular flexibility index (Phi) is 5.17. The Morgan fingerprint density at radius 2 is 1.73 bits per heavy atom. The molecule has 0 fully saturated rings. The molecule has 22 heavy (non-hydrogen) atoms. The molecule has 0 aliphatic heterocycles. The first kappa shape index (κ1) is 16.0. The zero-order chi connectivity index (χ0) is 16.1. The number of para-hydroxylation sites is 1. The summed E-state index contributed by atoms with van der Waals surface area (Å²) in [4.78, 5) is 23.6. The van der Waals surface area contributed by atoms with Crippen molar-refractivity contribution in [2.45, 2.75) is 13.8 Å². The Labute approximate surface area is 134 Å². The first-order chi connectivity index (χ1) is 10.5. The Hall–Kier alpha value is -2.33. The predicted molar refractivity (Wildman–Crippen MR) is 89.8 cm³/mol. The molecule has 2 aromatic carbocycles. The molecule has 0 saturated carbocycles. The van der Waals surface area contributed by atoms with Crippen molar-refractivity contribution in [1.29, 1.82) is 0 Å². The maximum atomic E-state index is 12.0. The lowest BCUT2D eigenvalue weighted by atomic mass is 10.1. The van der Waals surface area contributed by atoms with Crippen molar-refractivity contribution < 1.29 is 9.59 Å². The minimum absolute atomic E-state index is 0.0470. The molecule has 0 heterocycles. The van der Waals surface area contributed by atoms with Crippen molar-refractivity contribution in [3.8, 4) is 0 Å². The van der Waals surface area contributed by atoms with E-state index in [2.05, 4.69) is 10.6 Å². The van der Waals surface area contributed by atoms with Crippen molar-refractivity contribution in [3.05, 3.63) is 58.6 Å². The molecule has 0 aliphatic carbocycles. The van der Waals surface area contributed by atoms with Crippen LogP contribution in [-0.4, -0.2) is 18.2 Å². The summed E-state index contributed by atoms with van der Waals surface area (Å²) < 4.78 is 0. The standard InChI is InChI=1S/C17H17ClN2O2/c1-11-14(18)7-5-9-15(11)20-17(22)10-19-16-8-4-3-6-13(16)12(2)21/h3-9,19H,10H2,1-2H3,(H,20,22). The second-order valence-electron chi connectivity index (χ2n) is 4.92. The zero-order valence-electron chi connectivity index (χ0n) is 12.4. The van der Waals surface area contributed by atoms with Crippen LogP contribution in [0.15, 0.2) is 42.5 Å². The molecule has 0 aromatic heterocycles. The Morgan fingerprint density at radius 3 is 2.45 bits per heavy atom. The van der Waals surface area contributed by atoms with E-state index in [1.807, 2.05) is 13.0 Å². The van der Waals surface area contributed by atoms with Gasteiger partial charge in [-0.2, -0.15) is 0 Å². The van der Waals surface area contributed by atoms with E-state index < -0.39 is 0 Å². The summed E-state index contributed by atoms with van der Waals surface area (Å²) in [6.45, 7) is 3.41. The minimum atomic E-state index is -0.205. The molecular formula is C17H17ClN2O2. The van der Waals surface area contributed by atoms with E-state index in [0.29, 0.717) is 22.0 Å².